The molecule has 6 heteroatoms. The van der Waals surface area contributed by atoms with E-state index in [0.717, 1.165) is 0 Å². The number of rotatable bonds is 5. The van der Waals surface area contributed by atoms with E-state index in [1.165, 1.54) is 0 Å². The van der Waals surface area contributed by atoms with Crippen molar-refractivity contribution in [1.29, 1.82) is 0 Å². The van der Waals surface area contributed by atoms with Crippen LogP contribution in [0, 0.1) is 0 Å². The highest BCUT2D eigenvalue weighted by Crippen LogP contribution is 2.26. The molecule has 0 aromatic heterocycles. The fourth-order valence-corrected chi connectivity index (χ4v) is 2.39. The zero-order valence-corrected chi connectivity index (χ0v) is 14.0. The van der Waals surface area contributed by atoms with E-state index in [9.17, 15) is 4.79 Å². The normalized spacial score (nSPS) is 11.8. The number of carbonyl (C=O) groups is 1. The summed E-state index contributed by atoms with van der Waals surface area (Å²) < 4.78 is 5.68. The number of carbonyl (C=O) groups excluding carboxylic acids is 1. The molecule has 0 spiro atoms. The van der Waals surface area contributed by atoms with Crippen LogP contribution in [-0.4, -0.2) is 12.0 Å². The standard InChI is InChI=1S/C16H14Cl3NO2/c1-2-15(22-12-6-3-10(17)4-7-12)16(21)20-14-8-5-11(18)9-13(14)19/h3-9,15H,2H2,1H3,(H,20,21)/t15-/m0/s1. The SMILES string of the molecule is CC[C@H](Oc1ccc(Cl)cc1)C(=O)Nc1ccc(Cl)cc1Cl. The largest absolute Gasteiger partial charge is 0.481 e. The zero-order valence-electron chi connectivity index (χ0n) is 11.8. The molecule has 0 bridgehead atoms. The number of ether oxygens (including phenoxy) is 1. The van der Waals surface area contributed by atoms with Crippen LogP contribution in [0.15, 0.2) is 42.5 Å². The molecule has 0 unspecified atom stereocenters. The molecule has 0 aliphatic rings. The van der Waals surface area contributed by atoms with Gasteiger partial charge in [0.2, 0.25) is 0 Å². The first-order valence-electron chi connectivity index (χ1n) is 6.67. The lowest BCUT2D eigenvalue weighted by atomic mass is 10.2. The van der Waals surface area contributed by atoms with Gasteiger partial charge in [-0.05, 0) is 48.9 Å². The molecule has 2 rings (SSSR count). The van der Waals surface area contributed by atoms with Gasteiger partial charge in [-0.15, -0.1) is 0 Å². The Morgan fingerprint density at radius 3 is 2.32 bits per heavy atom. The fourth-order valence-electron chi connectivity index (χ4n) is 1.80. The summed E-state index contributed by atoms with van der Waals surface area (Å²) in [7, 11) is 0. The molecular formula is C16H14Cl3NO2. The van der Waals surface area contributed by atoms with Gasteiger partial charge in [-0.2, -0.15) is 0 Å². The third-order valence-electron chi connectivity index (χ3n) is 2.94. The molecule has 0 fully saturated rings. The van der Waals surface area contributed by atoms with Crippen molar-refractivity contribution >= 4 is 46.4 Å². The first kappa shape index (κ1) is 16.9. The molecule has 1 atom stereocenters. The minimum atomic E-state index is -0.632. The van der Waals surface area contributed by atoms with Crippen LogP contribution in [0.3, 0.4) is 0 Å². The van der Waals surface area contributed by atoms with Crippen molar-refractivity contribution in [1.82, 2.24) is 0 Å². The molecule has 22 heavy (non-hydrogen) atoms. The first-order chi connectivity index (χ1) is 10.5. The number of benzene rings is 2. The third kappa shape index (κ3) is 4.54. The number of nitrogens with one attached hydrogen (secondary N) is 1. The van der Waals surface area contributed by atoms with E-state index in [1.807, 2.05) is 6.92 Å². The number of amides is 1. The Hall–Kier alpha value is -1.42. The van der Waals surface area contributed by atoms with E-state index >= 15 is 0 Å². The Morgan fingerprint density at radius 1 is 1.09 bits per heavy atom. The lowest BCUT2D eigenvalue weighted by Gasteiger charge is -2.18. The second kappa shape index (κ2) is 7.73. The van der Waals surface area contributed by atoms with Gasteiger partial charge in [0.15, 0.2) is 6.10 Å². The number of halogens is 3. The molecule has 1 N–H and O–H groups in total. The van der Waals surface area contributed by atoms with E-state index in [1.54, 1.807) is 42.5 Å². The molecule has 3 nitrogen and oxygen atoms in total. The zero-order chi connectivity index (χ0) is 16.1. The summed E-state index contributed by atoms with van der Waals surface area (Å²) >= 11 is 17.7. The Balaban J connectivity index is 2.06. The maximum Gasteiger partial charge on any atom is 0.265 e. The fraction of sp³-hybridized carbons (Fsp3) is 0.188. The van der Waals surface area contributed by atoms with Crippen LogP contribution in [-0.2, 0) is 4.79 Å². The van der Waals surface area contributed by atoms with Crippen LogP contribution in [0.1, 0.15) is 13.3 Å². The lowest BCUT2D eigenvalue weighted by molar-refractivity contribution is -0.122. The summed E-state index contributed by atoms with van der Waals surface area (Å²) in [6, 6.07) is 11.7. The van der Waals surface area contributed by atoms with Gasteiger partial charge in [-0.25, -0.2) is 0 Å². The number of hydrogen-bond acceptors (Lipinski definition) is 2. The van der Waals surface area contributed by atoms with Crippen molar-refractivity contribution in [3.63, 3.8) is 0 Å². The minimum Gasteiger partial charge on any atom is -0.481 e. The van der Waals surface area contributed by atoms with E-state index in [4.69, 9.17) is 39.5 Å². The molecule has 1 amide bonds. The molecule has 0 heterocycles. The average Bonchev–Trinajstić information content (AvgIpc) is 2.49. The maximum atomic E-state index is 12.3. The first-order valence-corrected chi connectivity index (χ1v) is 7.81. The van der Waals surface area contributed by atoms with Crippen molar-refractivity contribution in [2.75, 3.05) is 5.32 Å². The monoisotopic (exact) mass is 357 g/mol. The van der Waals surface area contributed by atoms with Gasteiger partial charge in [0.1, 0.15) is 5.75 Å². The second-order valence-electron chi connectivity index (χ2n) is 4.58. The summed E-state index contributed by atoms with van der Waals surface area (Å²) in [5.74, 6) is 0.301. The summed E-state index contributed by atoms with van der Waals surface area (Å²) in [5.41, 5.74) is 0.495. The minimum absolute atomic E-state index is 0.276. The third-order valence-corrected chi connectivity index (χ3v) is 3.74. The van der Waals surface area contributed by atoms with Gasteiger partial charge in [-0.3, -0.25) is 4.79 Å². The van der Waals surface area contributed by atoms with Crippen molar-refractivity contribution in [2.24, 2.45) is 0 Å². The van der Waals surface area contributed by atoms with Crippen molar-refractivity contribution in [3.8, 4) is 5.75 Å². The Bertz CT molecular complexity index is 659. The van der Waals surface area contributed by atoms with Gasteiger partial charge < -0.3 is 10.1 Å². The molecule has 0 saturated heterocycles. The van der Waals surface area contributed by atoms with E-state index in [2.05, 4.69) is 5.32 Å². The topological polar surface area (TPSA) is 38.3 Å². The Labute approximate surface area is 144 Å². The molecule has 2 aromatic rings. The summed E-state index contributed by atoms with van der Waals surface area (Å²) in [5, 5.41) is 4.23. The maximum absolute atomic E-state index is 12.3. The second-order valence-corrected chi connectivity index (χ2v) is 5.86. The highest BCUT2D eigenvalue weighted by molar-refractivity contribution is 6.36. The quantitative estimate of drug-likeness (QED) is 0.772. The lowest BCUT2D eigenvalue weighted by Crippen LogP contribution is -2.32. The highest BCUT2D eigenvalue weighted by atomic mass is 35.5. The number of hydrogen-bond donors (Lipinski definition) is 1. The summed E-state index contributed by atoms with van der Waals surface area (Å²) in [6.07, 6.45) is -0.118. The molecule has 0 aliphatic heterocycles. The van der Waals surface area contributed by atoms with Gasteiger partial charge in [0.25, 0.3) is 5.91 Å². The van der Waals surface area contributed by atoms with Gasteiger partial charge >= 0.3 is 0 Å². The van der Waals surface area contributed by atoms with E-state index < -0.39 is 6.10 Å². The molecule has 0 saturated carbocycles. The molecule has 116 valence electrons. The van der Waals surface area contributed by atoms with E-state index in [0.29, 0.717) is 32.9 Å². The smallest absolute Gasteiger partial charge is 0.265 e. The van der Waals surface area contributed by atoms with Crippen molar-refractivity contribution in [3.05, 3.63) is 57.5 Å². The van der Waals surface area contributed by atoms with Gasteiger partial charge in [0.05, 0.1) is 10.7 Å². The molecular weight excluding hydrogens is 345 g/mol. The number of anilines is 1. The van der Waals surface area contributed by atoms with Crippen LogP contribution in [0.5, 0.6) is 5.75 Å². The van der Waals surface area contributed by atoms with Gasteiger partial charge in [-0.1, -0.05) is 41.7 Å². The van der Waals surface area contributed by atoms with Crippen LogP contribution in [0.2, 0.25) is 15.1 Å². The van der Waals surface area contributed by atoms with Crippen molar-refractivity contribution in [2.45, 2.75) is 19.4 Å². The molecule has 2 aromatic carbocycles. The van der Waals surface area contributed by atoms with Gasteiger partial charge in [0, 0.05) is 10.0 Å². The van der Waals surface area contributed by atoms with Crippen LogP contribution in [0.25, 0.3) is 0 Å². The highest BCUT2D eigenvalue weighted by Gasteiger charge is 2.19. The van der Waals surface area contributed by atoms with Crippen molar-refractivity contribution < 1.29 is 9.53 Å². The Kier molecular flexibility index (Phi) is 5.95. The predicted octanol–water partition coefficient (Wildman–Crippen LogP) is 5.44. The van der Waals surface area contributed by atoms with E-state index in [-0.39, 0.29) is 5.91 Å². The van der Waals surface area contributed by atoms with Crippen LogP contribution < -0.4 is 10.1 Å². The average molecular weight is 359 g/mol. The summed E-state index contributed by atoms with van der Waals surface area (Å²) in [4.78, 5) is 12.3. The summed E-state index contributed by atoms with van der Waals surface area (Å²) in [6.45, 7) is 1.86. The van der Waals surface area contributed by atoms with Crippen LogP contribution >= 0.6 is 34.8 Å². The molecule has 0 radical (unpaired) electrons. The van der Waals surface area contributed by atoms with Crippen LogP contribution in [0.4, 0.5) is 5.69 Å². The Morgan fingerprint density at radius 2 is 1.73 bits per heavy atom. The molecule has 0 aliphatic carbocycles. The predicted molar refractivity (Wildman–Crippen MR) is 91.3 cm³/mol.